The normalized spacial score (nSPS) is 17.2. The first-order valence-corrected chi connectivity index (χ1v) is 7.31. The number of fused-ring (bicyclic) bond motifs is 1. The molecule has 1 aliphatic heterocycles. The van der Waals surface area contributed by atoms with Crippen LogP contribution in [0.3, 0.4) is 0 Å². The van der Waals surface area contributed by atoms with Gasteiger partial charge in [0.25, 0.3) is 0 Å². The van der Waals surface area contributed by atoms with Crippen molar-refractivity contribution in [2.24, 2.45) is 16.5 Å². The summed E-state index contributed by atoms with van der Waals surface area (Å²) in [6, 6.07) is 8.26. The average molecular weight is 295 g/mol. The molecular weight excluding hydrogens is 274 g/mol. The summed E-state index contributed by atoms with van der Waals surface area (Å²) in [5.74, 6) is 1.00. The Bertz CT molecular complexity index is 779. The van der Waals surface area contributed by atoms with Crippen LogP contribution in [0.1, 0.15) is 28.4 Å². The van der Waals surface area contributed by atoms with Crippen LogP contribution in [0.15, 0.2) is 29.3 Å². The number of hydrogen-bond donors (Lipinski definition) is 2. The van der Waals surface area contributed by atoms with Crippen LogP contribution in [0.4, 0.5) is 5.82 Å². The van der Waals surface area contributed by atoms with Gasteiger partial charge in [-0.2, -0.15) is 4.99 Å². The Kier molecular flexibility index (Phi) is 3.37. The second-order valence-corrected chi connectivity index (χ2v) is 5.83. The number of aromatic nitrogens is 1. The first-order chi connectivity index (χ1) is 10.4. The molecule has 3 rings (SSSR count). The Morgan fingerprint density at radius 2 is 1.73 bits per heavy atom. The van der Waals surface area contributed by atoms with Crippen molar-refractivity contribution in [2.45, 2.75) is 26.9 Å². The molecule has 0 fully saturated rings. The number of benzene rings is 1. The molecular formula is C17H21N5. The number of nitrogens with zero attached hydrogens (tertiary/aromatic N) is 3. The number of rotatable bonds is 1. The third-order valence-electron chi connectivity index (χ3n) is 4.42. The van der Waals surface area contributed by atoms with Gasteiger partial charge in [0, 0.05) is 18.2 Å². The molecule has 1 aliphatic rings. The summed E-state index contributed by atoms with van der Waals surface area (Å²) in [5.41, 5.74) is 18.7. The Balaban J connectivity index is 2.19. The lowest BCUT2D eigenvalue weighted by atomic mass is 9.95. The molecule has 114 valence electrons. The fourth-order valence-corrected chi connectivity index (χ4v) is 2.80. The zero-order chi connectivity index (χ0) is 16.0. The largest absolute Gasteiger partial charge is 0.369 e. The molecule has 22 heavy (non-hydrogen) atoms. The van der Waals surface area contributed by atoms with E-state index in [1.165, 1.54) is 16.7 Å². The zero-order valence-corrected chi connectivity index (χ0v) is 13.4. The van der Waals surface area contributed by atoms with Crippen LogP contribution in [0.25, 0.3) is 11.3 Å². The Morgan fingerprint density at radius 3 is 2.45 bits per heavy atom. The van der Waals surface area contributed by atoms with Gasteiger partial charge in [0.2, 0.25) is 0 Å². The zero-order valence-electron chi connectivity index (χ0n) is 13.4. The highest BCUT2D eigenvalue weighted by Gasteiger charge is 2.24. The summed E-state index contributed by atoms with van der Waals surface area (Å²) >= 11 is 0. The summed E-state index contributed by atoms with van der Waals surface area (Å²) in [6.07, 6.45) is -0.311. The summed E-state index contributed by atoms with van der Waals surface area (Å²) in [6.45, 7) is 6.33. The van der Waals surface area contributed by atoms with Crippen LogP contribution in [-0.4, -0.2) is 22.9 Å². The number of aliphatic imine (C=N–C) groups is 1. The third kappa shape index (κ3) is 2.14. The standard InChI is InChI=1S/C17H21N5/c1-9-5-6-10(2)14(11(9)3)13-8-7-12-15(18)22(4)17(19)21-16(12)20-13/h5-8,15H,18H2,1-4H3,(H2,19,20,21). The predicted molar refractivity (Wildman–Crippen MR) is 89.9 cm³/mol. The van der Waals surface area contributed by atoms with E-state index in [-0.39, 0.29) is 6.17 Å². The summed E-state index contributed by atoms with van der Waals surface area (Å²) in [4.78, 5) is 10.8. The Morgan fingerprint density at radius 1 is 1.05 bits per heavy atom. The lowest BCUT2D eigenvalue weighted by Gasteiger charge is -2.30. The molecule has 1 aromatic carbocycles. The summed E-state index contributed by atoms with van der Waals surface area (Å²) in [7, 11) is 1.83. The lowest BCUT2D eigenvalue weighted by Crippen LogP contribution is -2.43. The minimum atomic E-state index is -0.311. The van der Waals surface area contributed by atoms with Crippen molar-refractivity contribution in [3.63, 3.8) is 0 Å². The van der Waals surface area contributed by atoms with Crippen LogP contribution >= 0.6 is 0 Å². The molecule has 0 amide bonds. The number of pyridine rings is 1. The molecule has 1 atom stereocenters. The summed E-state index contributed by atoms with van der Waals surface area (Å²) in [5, 5.41) is 0. The molecule has 0 saturated carbocycles. The van der Waals surface area contributed by atoms with E-state index in [0.29, 0.717) is 11.8 Å². The van der Waals surface area contributed by atoms with Gasteiger partial charge in [-0.15, -0.1) is 0 Å². The predicted octanol–water partition coefficient (Wildman–Crippen LogP) is 2.52. The van der Waals surface area contributed by atoms with Gasteiger partial charge in [-0.25, -0.2) is 4.98 Å². The number of hydrogen-bond acceptors (Lipinski definition) is 5. The molecule has 0 radical (unpaired) electrons. The van der Waals surface area contributed by atoms with Crippen LogP contribution < -0.4 is 11.5 Å². The van der Waals surface area contributed by atoms with Gasteiger partial charge in [-0.1, -0.05) is 12.1 Å². The van der Waals surface area contributed by atoms with Gasteiger partial charge in [0.05, 0.1) is 5.69 Å². The Hall–Kier alpha value is -2.40. The highest BCUT2D eigenvalue weighted by atomic mass is 15.3. The minimum Gasteiger partial charge on any atom is -0.369 e. The van der Waals surface area contributed by atoms with E-state index in [1.54, 1.807) is 4.90 Å². The van der Waals surface area contributed by atoms with Crippen molar-refractivity contribution in [1.82, 2.24) is 9.88 Å². The minimum absolute atomic E-state index is 0.311. The molecule has 1 unspecified atom stereocenters. The molecule has 1 aromatic heterocycles. The molecule has 5 heteroatoms. The van der Waals surface area contributed by atoms with Gasteiger partial charge < -0.3 is 16.4 Å². The maximum absolute atomic E-state index is 6.18. The van der Waals surface area contributed by atoms with E-state index in [9.17, 15) is 0 Å². The maximum Gasteiger partial charge on any atom is 0.199 e. The average Bonchev–Trinajstić information content (AvgIpc) is 2.49. The molecule has 2 aromatic rings. The van der Waals surface area contributed by atoms with E-state index >= 15 is 0 Å². The lowest BCUT2D eigenvalue weighted by molar-refractivity contribution is 0.374. The van der Waals surface area contributed by atoms with Gasteiger partial charge in [-0.3, -0.25) is 0 Å². The third-order valence-corrected chi connectivity index (χ3v) is 4.42. The van der Waals surface area contributed by atoms with E-state index in [1.807, 2.05) is 19.2 Å². The smallest absolute Gasteiger partial charge is 0.199 e. The second-order valence-electron chi connectivity index (χ2n) is 5.83. The van der Waals surface area contributed by atoms with E-state index in [2.05, 4.69) is 37.9 Å². The Labute approximate surface area is 130 Å². The van der Waals surface area contributed by atoms with Gasteiger partial charge >= 0.3 is 0 Å². The summed E-state index contributed by atoms with van der Waals surface area (Å²) < 4.78 is 0. The van der Waals surface area contributed by atoms with Crippen molar-refractivity contribution in [2.75, 3.05) is 7.05 Å². The van der Waals surface area contributed by atoms with Gasteiger partial charge in [-0.05, 0) is 49.6 Å². The van der Waals surface area contributed by atoms with Gasteiger partial charge in [0.15, 0.2) is 11.8 Å². The quantitative estimate of drug-likeness (QED) is 0.847. The molecule has 0 bridgehead atoms. The van der Waals surface area contributed by atoms with E-state index in [0.717, 1.165) is 16.8 Å². The number of nitrogens with two attached hydrogens (primary N) is 2. The molecule has 0 spiro atoms. The molecule has 5 nitrogen and oxygen atoms in total. The molecule has 4 N–H and O–H groups in total. The monoisotopic (exact) mass is 295 g/mol. The fraction of sp³-hybridized carbons (Fsp3) is 0.294. The van der Waals surface area contributed by atoms with Crippen molar-refractivity contribution in [3.05, 3.63) is 46.5 Å². The number of aryl methyl sites for hydroxylation is 2. The first kappa shape index (κ1) is 14.5. The maximum atomic E-state index is 6.18. The highest BCUT2D eigenvalue weighted by molar-refractivity contribution is 5.84. The SMILES string of the molecule is Cc1ccc(C)c(-c2ccc3c(n2)N=C(N)N(C)C3N)c1C. The van der Waals surface area contributed by atoms with Crippen LogP contribution in [-0.2, 0) is 0 Å². The van der Waals surface area contributed by atoms with Crippen LogP contribution in [0.2, 0.25) is 0 Å². The molecule has 0 saturated heterocycles. The van der Waals surface area contributed by atoms with Crippen molar-refractivity contribution >= 4 is 11.8 Å². The molecule has 2 heterocycles. The van der Waals surface area contributed by atoms with Crippen molar-refractivity contribution in [3.8, 4) is 11.3 Å². The van der Waals surface area contributed by atoms with Crippen molar-refractivity contribution < 1.29 is 0 Å². The van der Waals surface area contributed by atoms with Crippen LogP contribution in [0, 0.1) is 20.8 Å². The van der Waals surface area contributed by atoms with Crippen LogP contribution in [0.5, 0.6) is 0 Å². The fourth-order valence-electron chi connectivity index (χ4n) is 2.80. The van der Waals surface area contributed by atoms with E-state index in [4.69, 9.17) is 16.5 Å². The molecule has 0 aliphatic carbocycles. The number of guanidine groups is 1. The topological polar surface area (TPSA) is 80.5 Å². The second kappa shape index (κ2) is 5.10. The first-order valence-electron chi connectivity index (χ1n) is 7.31. The highest BCUT2D eigenvalue weighted by Crippen LogP contribution is 2.34. The van der Waals surface area contributed by atoms with Crippen molar-refractivity contribution in [1.29, 1.82) is 0 Å². The van der Waals surface area contributed by atoms with Gasteiger partial charge in [0.1, 0.15) is 6.17 Å². The van der Waals surface area contributed by atoms with E-state index < -0.39 is 0 Å².